The summed E-state index contributed by atoms with van der Waals surface area (Å²) in [7, 11) is 3.99. The van der Waals surface area contributed by atoms with Gasteiger partial charge in [0.2, 0.25) is 0 Å². The zero-order valence-electron chi connectivity index (χ0n) is 9.06. The summed E-state index contributed by atoms with van der Waals surface area (Å²) in [5, 5.41) is 10.8. The van der Waals surface area contributed by atoms with E-state index in [2.05, 4.69) is 15.1 Å². The molecular formula is C9H17N3O3. The third-order valence-corrected chi connectivity index (χ3v) is 2.67. The van der Waals surface area contributed by atoms with Gasteiger partial charge in [-0.1, -0.05) is 0 Å². The van der Waals surface area contributed by atoms with Crippen LogP contribution in [0.3, 0.4) is 0 Å². The first-order chi connectivity index (χ1) is 7.00. The largest absolute Gasteiger partial charge is 0.474 e. The predicted octanol–water partition coefficient (Wildman–Crippen LogP) is -1.57. The number of rotatable bonds is 2. The fourth-order valence-corrected chi connectivity index (χ4v) is 1.61. The lowest BCUT2D eigenvalue weighted by Gasteiger charge is -2.37. The molecule has 0 radical (unpaired) electrons. The van der Waals surface area contributed by atoms with Gasteiger partial charge in [0.15, 0.2) is 0 Å². The van der Waals surface area contributed by atoms with Gasteiger partial charge in [0.1, 0.15) is 0 Å². The number of carboxylic acid groups (broad SMARTS) is 1. The van der Waals surface area contributed by atoms with Crippen LogP contribution in [0.5, 0.6) is 0 Å². The topological polar surface area (TPSA) is 72.9 Å². The van der Waals surface area contributed by atoms with Gasteiger partial charge >= 0.3 is 11.9 Å². The SMILES string of the molecule is CN1CCN(C)C(CNC(=O)C(=O)O)C1. The van der Waals surface area contributed by atoms with Crippen LogP contribution in [0.25, 0.3) is 0 Å². The van der Waals surface area contributed by atoms with Crippen LogP contribution < -0.4 is 5.32 Å². The molecule has 1 heterocycles. The number of amides is 1. The second-order valence-electron chi connectivity index (χ2n) is 3.91. The Hall–Kier alpha value is -1.14. The Bertz CT molecular complexity index is 257. The number of carbonyl (C=O) groups excluding carboxylic acids is 1. The molecule has 0 spiro atoms. The van der Waals surface area contributed by atoms with Crippen LogP contribution in [0.1, 0.15) is 0 Å². The van der Waals surface area contributed by atoms with Gasteiger partial charge in [-0.2, -0.15) is 0 Å². The molecule has 6 heteroatoms. The normalized spacial score (nSPS) is 23.7. The summed E-state index contributed by atoms with van der Waals surface area (Å²) in [4.78, 5) is 25.4. The Kier molecular flexibility index (Phi) is 4.05. The van der Waals surface area contributed by atoms with E-state index in [-0.39, 0.29) is 6.04 Å². The van der Waals surface area contributed by atoms with Gasteiger partial charge in [0.25, 0.3) is 0 Å². The number of nitrogens with zero attached hydrogens (tertiary/aromatic N) is 2. The number of nitrogens with one attached hydrogen (secondary N) is 1. The predicted molar refractivity (Wildman–Crippen MR) is 54.6 cm³/mol. The molecule has 1 aliphatic heterocycles. The average molecular weight is 215 g/mol. The molecule has 0 saturated carbocycles. The van der Waals surface area contributed by atoms with Crippen molar-refractivity contribution in [3.8, 4) is 0 Å². The third kappa shape index (κ3) is 3.49. The van der Waals surface area contributed by atoms with Crippen molar-refractivity contribution in [3.05, 3.63) is 0 Å². The molecule has 0 aliphatic carbocycles. The lowest BCUT2D eigenvalue weighted by atomic mass is 10.2. The zero-order valence-corrected chi connectivity index (χ0v) is 9.06. The first-order valence-electron chi connectivity index (χ1n) is 4.90. The van der Waals surface area contributed by atoms with Crippen LogP contribution in [0, 0.1) is 0 Å². The van der Waals surface area contributed by atoms with E-state index >= 15 is 0 Å². The number of carboxylic acids is 1. The van der Waals surface area contributed by atoms with Gasteiger partial charge in [-0.15, -0.1) is 0 Å². The standard InChI is InChI=1S/C9H17N3O3/c1-11-3-4-12(2)7(6-11)5-10-8(13)9(14)15/h7H,3-6H2,1-2H3,(H,10,13)(H,14,15). The lowest BCUT2D eigenvalue weighted by Crippen LogP contribution is -2.54. The molecule has 1 amide bonds. The van der Waals surface area contributed by atoms with Crippen LogP contribution in [-0.4, -0.2) is 73.1 Å². The fourth-order valence-electron chi connectivity index (χ4n) is 1.61. The minimum Gasteiger partial charge on any atom is -0.474 e. The van der Waals surface area contributed by atoms with Gasteiger partial charge < -0.3 is 15.3 Å². The summed E-state index contributed by atoms with van der Waals surface area (Å²) in [6, 6.07) is 0.187. The number of aliphatic carboxylic acids is 1. The molecule has 0 aromatic heterocycles. The molecule has 1 saturated heterocycles. The van der Waals surface area contributed by atoms with Crippen LogP contribution in [0.15, 0.2) is 0 Å². The molecule has 0 aromatic carbocycles. The Morgan fingerprint density at radius 1 is 1.40 bits per heavy atom. The average Bonchev–Trinajstić information content (AvgIpc) is 2.18. The Morgan fingerprint density at radius 3 is 2.67 bits per heavy atom. The molecule has 0 aromatic rings. The third-order valence-electron chi connectivity index (χ3n) is 2.67. The molecule has 1 fully saturated rings. The highest BCUT2D eigenvalue weighted by Crippen LogP contribution is 2.04. The van der Waals surface area contributed by atoms with Crippen molar-refractivity contribution in [2.45, 2.75) is 6.04 Å². The van der Waals surface area contributed by atoms with E-state index in [1.807, 2.05) is 14.1 Å². The molecule has 2 N–H and O–H groups in total. The lowest BCUT2D eigenvalue weighted by molar-refractivity contribution is -0.150. The molecule has 1 unspecified atom stereocenters. The summed E-state index contributed by atoms with van der Waals surface area (Å²) >= 11 is 0. The van der Waals surface area contributed by atoms with E-state index < -0.39 is 11.9 Å². The van der Waals surface area contributed by atoms with E-state index in [1.54, 1.807) is 0 Å². The van der Waals surface area contributed by atoms with Crippen molar-refractivity contribution in [1.82, 2.24) is 15.1 Å². The van der Waals surface area contributed by atoms with Crippen LogP contribution >= 0.6 is 0 Å². The molecule has 0 bridgehead atoms. The summed E-state index contributed by atoms with van der Waals surface area (Å²) in [6.07, 6.45) is 0. The number of carbonyl (C=O) groups is 2. The number of piperazine rings is 1. The molecule has 1 rings (SSSR count). The summed E-state index contributed by atoms with van der Waals surface area (Å²) in [5.41, 5.74) is 0. The van der Waals surface area contributed by atoms with Crippen molar-refractivity contribution >= 4 is 11.9 Å². The summed E-state index contributed by atoms with van der Waals surface area (Å²) < 4.78 is 0. The van der Waals surface area contributed by atoms with E-state index in [9.17, 15) is 9.59 Å². The Labute approximate surface area is 88.8 Å². The Morgan fingerprint density at radius 2 is 2.07 bits per heavy atom. The summed E-state index contributed by atoms with van der Waals surface area (Å²) in [5.74, 6) is -2.36. The van der Waals surface area contributed by atoms with Crippen LogP contribution in [-0.2, 0) is 9.59 Å². The first kappa shape index (κ1) is 11.9. The highest BCUT2D eigenvalue weighted by atomic mass is 16.4. The molecule has 1 atom stereocenters. The van der Waals surface area contributed by atoms with Gasteiger partial charge in [0.05, 0.1) is 0 Å². The van der Waals surface area contributed by atoms with E-state index in [0.29, 0.717) is 6.54 Å². The highest BCUT2D eigenvalue weighted by molar-refractivity contribution is 6.31. The maximum atomic E-state index is 10.8. The molecule has 86 valence electrons. The quantitative estimate of drug-likeness (QED) is 0.545. The van der Waals surface area contributed by atoms with Crippen molar-refractivity contribution < 1.29 is 14.7 Å². The smallest absolute Gasteiger partial charge is 0.394 e. The second kappa shape index (κ2) is 5.09. The van der Waals surface area contributed by atoms with Gasteiger partial charge in [-0.05, 0) is 14.1 Å². The second-order valence-corrected chi connectivity index (χ2v) is 3.91. The van der Waals surface area contributed by atoms with Gasteiger partial charge in [-0.3, -0.25) is 9.69 Å². The zero-order chi connectivity index (χ0) is 11.4. The van der Waals surface area contributed by atoms with Crippen molar-refractivity contribution in [3.63, 3.8) is 0 Å². The molecular weight excluding hydrogens is 198 g/mol. The molecule has 1 aliphatic rings. The van der Waals surface area contributed by atoms with Crippen LogP contribution in [0.4, 0.5) is 0 Å². The molecule has 15 heavy (non-hydrogen) atoms. The van der Waals surface area contributed by atoms with Gasteiger partial charge in [-0.25, -0.2) is 4.79 Å². The number of likely N-dealkylation sites (N-methyl/N-ethyl adjacent to an activating group) is 2. The van der Waals surface area contributed by atoms with E-state index in [0.717, 1.165) is 19.6 Å². The van der Waals surface area contributed by atoms with E-state index in [4.69, 9.17) is 5.11 Å². The van der Waals surface area contributed by atoms with Crippen molar-refractivity contribution in [1.29, 1.82) is 0 Å². The Balaban J connectivity index is 2.36. The number of hydrogen-bond donors (Lipinski definition) is 2. The van der Waals surface area contributed by atoms with Gasteiger partial charge in [0, 0.05) is 32.2 Å². The maximum Gasteiger partial charge on any atom is 0.394 e. The van der Waals surface area contributed by atoms with E-state index in [1.165, 1.54) is 0 Å². The summed E-state index contributed by atoms with van der Waals surface area (Å²) in [6.45, 7) is 3.16. The van der Waals surface area contributed by atoms with Crippen LogP contribution in [0.2, 0.25) is 0 Å². The monoisotopic (exact) mass is 215 g/mol. The number of hydrogen-bond acceptors (Lipinski definition) is 4. The first-order valence-corrected chi connectivity index (χ1v) is 4.90. The van der Waals surface area contributed by atoms with Crippen molar-refractivity contribution in [2.24, 2.45) is 0 Å². The highest BCUT2D eigenvalue weighted by Gasteiger charge is 2.23. The van der Waals surface area contributed by atoms with Crippen molar-refractivity contribution in [2.75, 3.05) is 40.3 Å². The maximum absolute atomic E-state index is 10.8. The minimum atomic E-state index is -1.43. The molecule has 6 nitrogen and oxygen atoms in total. The minimum absolute atomic E-state index is 0.187. The fraction of sp³-hybridized carbons (Fsp3) is 0.778.